The first-order chi connectivity index (χ1) is 11.4. The van der Waals surface area contributed by atoms with Crippen molar-refractivity contribution >= 4 is 12.4 Å². The fourth-order valence-corrected chi connectivity index (χ4v) is 3.10. The van der Waals surface area contributed by atoms with E-state index in [9.17, 15) is 0 Å². The Balaban J connectivity index is 2.42. The molecule has 0 amide bonds. The van der Waals surface area contributed by atoms with Crippen LogP contribution in [0.25, 0.3) is 0 Å². The molecule has 0 fully saturated rings. The van der Waals surface area contributed by atoms with E-state index in [0.717, 1.165) is 36.1 Å². The van der Waals surface area contributed by atoms with E-state index >= 15 is 0 Å². The van der Waals surface area contributed by atoms with E-state index in [2.05, 4.69) is 75.8 Å². The second-order valence-corrected chi connectivity index (χ2v) is 8.12. The monoisotopic (exact) mass is 328 g/mol. The molecule has 0 N–H and O–H groups in total. The van der Waals surface area contributed by atoms with Crippen LogP contribution in [0.1, 0.15) is 65.5 Å². The maximum Gasteiger partial charge on any atom is 0.0415 e. The molecule has 0 aliphatic carbocycles. The lowest BCUT2D eigenvalue weighted by Gasteiger charge is -2.10. The summed E-state index contributed by atoms with van der Waals surface area (Å²) in [6, 6.07) is 8.48. The lowest BCUT2D eigenvalue weighted by atomic mass is 9.99. The fourth-order valence-electron chi connectivity index (χ4n) is 3.10. The van der Waals surface area contributed by atoms with Gasteiger partial charge in [0.2, 0.25) is 0 Å². The van der Waals surface area contributed by atoms with Gasteiger partial charge in [-0.25, -0.2) is 0 Å². The molecule has 0 radical (unpaired) electrons. The number of rotatable bonds is 10. The first-order valence-corrected chi connectivity index (χ1v) is 9.46. The first-order valence-electron chi connectivity index (χ1n) is 9.46. The third-order valence-corrected chi connectivity index (χ3v) is 4.00. The second kappa shape index (κ2) is 11.2. The third-order valence-electron chi connectivity index (χ3n) is 4.00. The zero-order valence-corrected chi connectivity index (χ0v) is 16.5. The van der Waals surface area contributed by atoms with E-state index in [-0.39, 0.29) is 0 Å². The van der Waals surface area contributed by atoms with Crippen molar-refractivity contribution in [3.05, 3.63) is 35.4 Å². The molecular weight excluding hydrogens is 292 g/mol. The summed E-state index contributed by atoms with van der Waals surface area (Å²) in [6.07, 6.45) is 6.45. The summed E-state index contributed by atoms with van der Waals surface area (Å²) >= 11 is 0. The summed E-state index contributed by atoms with van der Waals surface area (Å²) in [4.78, 5) is 9.16. The Morgan fingerprint density at radius 3 is 1.29 bits per heavy atom. The van der Waals surface area contributed by atoms with Crippen LogP contribution in [0.2, 0.25) is 0 Å². The molecule has 0 aromatic heterocycles. The highest BCUT2D eigenvalue weighted by Crippen LogP contribution is 2.12. The average Bonchev–Trinajstić information content (AvgIpc) is 2.47. The van der Waals surface area contributed by atoms with Gasteiger partial charge in [-0.2, -0.15) is 0 Å². The SMILES string of the molecule is CC(C)CC(C)C/N=C\c1ccc(/C=N\CC(C)CC(C)C)cc1. The van der Waals surface area contributed by atoms with Crippen LogP contribution in [0.4, 0.5) is 0 Å². The second-order valence-electron chi connectivity index (χ2n) is 8.12. The van der Waals surface area contributed by atoms with Gasteiger partial charge in [-0.1, -0.05) is 65.8 Å². The van der Waals surface area contributed by atoms with Crippen LogP contribution in [-0.4, -0.2) is 25.5 Å². The van der Waals surface area contributed by atoms with Gasteiger partial charge in [-0.15, -0.1) is 0 Å². The number of benzene rings is 1. The Kier molecular flexibility index (Phi) is 9.59. The Bertz CT molecular complexity index is 450. The zero-order valence-electron chi connectivity index (χ0n) is 16.5. The number of hydrogen-bond acceptors (Lipinski definition) is 2. The van der Waals surface area contributed by atoms with Crippen molar-refractivity contribution in [2.75, 3.05) is 13.1 Å². The molecule has 24 heavy (non-hydrogen) atoms. The minimum absolute atomic E-state index is 0.653. The molecule has 0 bridgehead atoms. The van der Waals surface area contributed by atoms with Crippen molar-refractivity contribution in [1.29, 1.82) is 0 Å². The van der Waals surface area contributed by atoms with Crippen LogP contribution in [0.3, 0.4) is 0 Å². The van der Waals surface area contributed by atoms with Crippen molar-refractivity contribution in [3.8, 4) is 0 Å². The Labute approximate surface area is 149 Å². The van der Waals surface area contributed by atoms with Crippen molar-refractivity contribution in [1.82, 2.24) is 0 Å². The Morgan fingerprint density at radius 2 is 1.00 bits per heavy atom. The lowest BCUT2D eigenvalue weighted by molar-refractivity contribution is 0.448. The van der Waals surface area contributed by atoms with E-state index in [1.807, 2.05) is 12.4 Å². The summed E-state index contributed by atoms with van der Waals surface area (Å²) in [6.45, 7) is 15.4. The van der Waals surface area contributed by atoms with E-state index in [1.165, 1.54) is 12.8 Å². The van der Waals surface area contributed by atoms with Crippen molar-refractivity contribution in [3.63, 3.8) is 0 Å². The molecule has 1 rings (SSSR count). The molecule has 0 saturated heterocycles. The largest absolute Gasteiger partial charge is 0.292 e. The average molecular weight is 329 g/mol. The number of aliphatic imine (C=N–C) groups is 2. The number of hydrogen-bond donors (Lipinski definition) is 0. The molecule has 2 unspecified atom stereocenters. The van der Waals surface area contributed by atoms with Gasteiger partial charge in [0.15, 0.2) is 0 Å². The van der Waals surface area contributed by atoms with Gasteiger partial charge in [-0.05, 0) is 47.6 Å². The van der Waals surface area contributed by atoms with Crippen LogP contribution in [0.15, 0.2) is 34.3 Å². The molecule has 0 aliphatic heterocycles. The van der Waals surface area contributed by atoms with E-state index in [1.54, 1.807) is 0 Å². The van der Waals surface area contributed by atoms with Crippen LogP contribution >= 0.6 is 0 Å². The molecule has 1 aromatic rings. The minimum atomic E-state index is 0.653. The van der Waals surface area contributed by atoms with Crippen LogP contribution in [0, 0.1) is 23.7 Å². The maximum absolute atomic E-state index is 4.58. The zero-order chi connectivity index (χ0) is 17.9. The highest BCUT2D eigenvalue weighted by atomic mass is 14.7. The van der Waals surface area contributed by atoms with E-state index in [0.29, 0.717) is 11.8 Å². The molecular formula is C22H36N2. The van der Waals surface area contributed by atoms with Gasteiger partial charge in [0, 0.05) is 25.5 Å². The first kappa shape index (κ1) is 20.6. The predicted octanol–water partition coefficient (Wildman–Crippen LogP) is 5.89. The van der Waals surface area contributed by atoms with Crippen LogP contribution in [0.5, 0.6) is 0 Å². The third kappa shape index (κ3) is 9.64. The quantitative estimate of drug-likeness (QED) is 0.478. The molecule has 2 heteroatoms. The summed E-state index contributed by atoms with van der Waals surface area (Å²) in [5.74, 6) is 2.80. The molecule has 2 nitrogen and oxygen atoms in total. The van der Waals surface area contributed by atoms with Gasteiger partial charge in [0.25, 0.3) is 0 Å². The van der Waals surface area contributed by atoms with Gasteiger partial charge < -0.3 is 0 Å². The highest BCUT2D eigenvalue weighted by molar-refractivity contribution is 5.84. The van der Waals surface area contributed by atoms with Crippen molar-refractivity contribution < 1.29 is 0 Å². The van der Waals surface area contributed by atoms with Crippen LogP contribution in [-0.2, 0) is 0 Å². The molecule has 0 saturated carbocycles. The normalized spacial score (nSPS) is 15.0. The highest BCUT2D eigenvalue weighted by Gasteiger charge is 2.04. The lowest BCUT2D eigenvalue weighted by Crippen LogP contribution is -2.04. The van der Waals surface area contributed by atoms with Crippen LogP contribution < -0.4 is 0 Å². The van der Waals surface area contributed by atoms with Gasteiger partial charge in [-0.3, -0.25) is 9.98 Å². The molecule has 2 atom stereocenters. The summed E-state index contributed by atoms with van der Waals surface area (Å²) < 4.78 is 0. The summed E-state index contributed by atoms with van der Waals surface area (Å²) in [5, 5.41) is 0. The predicted molar refractivity (Wildman–Crippen MR) is 109 cm³/mol. The van der Waals surface area contributed by atoms with E-state index < -0.39 is 0 Å². The molecule has 1 aromatic carbocycles. The van der Waals surface area contributed by atoms with Gasteiger partial charge >= 0.3 is 0 Å². The summed E-state index contributed by atoms with van der Waals surface area (Å²) in [5.41, 5.74) is 2.33. The topological polar surface area (TPSA) is 24.7 Å². The van der Waals surface area contributed by atoms with E-state index in [4.69, 9.17) is 0 Å². The molecule has 0 heterocycles. The van der Waals surface area contributed by atoms with Crippen molar-refractivity contribution in [2.45, 2.75) is 54.4 Å². The maximum atomic E-state index is 4.58. The summed E-state index contributed by atoms with van der Waals surface area (Å²) in [7, 11) is 0. The molecule has 0 aliphatic rings. The van der Waals surface area contributed by atoms with Gasteiger partial charge in [0.1, 0.15) is 0 Å². The minimum Gasteiger partial charge on any atom is -0.292 e. The Hall–Kier alpha value is -1.44. The molecule has 0 spiro atoms. The smallest absolute Gasteiger partial charge is 0.0415 e. The fraction of sp³-hybridized carbons (Fsp3) is 0.636. The van der Waals surface area contributed by atoms with Gasteiger partial charge in [0.05, 0.1) is 0 Å². The van der Waals surface area contributed by atoms with Crippen molar-refractivity contribution in [2.24, 2.45) is 33.7 Å². The number of nitrogens with zero attached hydrogens (tertiary/aromatic N) is 2. The standard InChI is InChI=1S/C22H36N2/c1-17(2)11-19(5)13-23-15-21-7-9-22(10-8-21)16-24-14-20(6)12-18(3)4/h7-10,15-20H,11-14H2,1-6H3/b23-15-,24-16-. The molecule has 134 valence electrons. The Morgan fingerprint density at radius 1 is 0.667 bits per heavy atom.